The van der Waals surface area contributed by atoms with E-state index in [1.165, 1.54) is 7.11 Å². The highest BCUT2D eigenvalue weighted by atomic mass is 16.5. The summed E-state index contributed by atoms with van der Waals surface area (Å²) in [5.74, 6) is -0.808. The first-order chi connectivity index (χ1) is 9.61. The summed E-state index contributed by atoms with van der Waals surface area (Å²) in [7, 11) is 1.28. The van der Waals surface area contributed by atoms with Crippen LogP contribution in [0.3, 0.4) is 0 Å². The molecular weight excluding hydrogens is 258 g/mol. The molecule has 0 spiro atoms. The Balaban J connectivity index is 2.15. The number of carbonyl (C=O) groups is 2. The second kappa shape index (κ2) is 6.01. The number of aromatic nitrogens is 2. The van der Waals surface area contributed by atoms with Gasteiger partial charge < -0.3 is 10.1 Å². The van der Waals surface area contributed by atoms with Crippen molar-refractivity contribution in [2.24, 2.45) is 0 Å². The lowest BCUT2D eigenvalue weighted by Gasteiger charge is -2.11. The number of H-pyrrole nitrogens is 1. The van der Waals surface area contributed by atoms with E-state index in [0.717, 1.165) is 11.1 Å². The standard InChI is InChI=1S/C14H15N3O3/c1-9(14(19)20-2)17-13(18)11-5-3-4-10(6-11)12-7-15-16-8-12/h3-9H,1-2H3,(H,15,16)(H,17,18). The van der Waals surface area contributed by atoms with E-state index in [4.69, 9.17) is 0 Å². The minimum absolute atomic E-state index is 0.326. The molecule has 0 aliphatic rings. The minimum atomic E-state index is -0.690. The van der Waals surface area contributed by atoms with Crippen LogP contribution < -0.4 is 5.32 Å². The van der Waals surface area contributed by atoms with Crippen LogP contribution in [0.5, 0.6) is 0 Å². The van der Waals surface area contributed by atoms with Crippen LogP contribution in [0.1, 0.15) is 17.3 Å². The number of carbonyl (C=O) groups excluding carboxylic acids is 2. The van der Waals surface area contributed by atoms with Gasteiger partial charge in [-0.05, 0) is 24.6 Å². The van der Waals surface area contributed by atoms with E-state index in [0.29, 0.717) is 5.56 Å². The molecule has 0 saturated carbocycles. The van der Waals surface area contributed by atoms with Crippen LogP contribution in [0.25, 0.3) is 11.1 Å². The predicted octanol–water partition coefficient (Wildman–Crippen LogP) is 1.37. The van der Waals surface area contributed by atoms with Gasteiger partial charge in [0, 0.05) is 17.3 Å². The molecule has 6 nitrogen and oxygen atoms in total. The first-order valence-electron chi connectivity index (χ1n) is 6.09. The van der Waals surface area contributed by atoms with Crippen LogP contribution in [0.15, 0.2) is 36.7 Å². The topological polar surface area (TPSA) is 84.1 Å². The number of ether oxygens (including phenoxy) is 1. The fourth-order valence-corrected chi connectivity index (χ4v) is 1.76. The van der Waals surface area contributed by atoms with Crippen LogP contribution >= 0.6 is 0 Å². The van der Waals surface area contributed by atoms with Gasteiger partial charge in [0.15, 0.2) is 0 Å². The van der Waals surface area contributed by atoms with Gasteiger partial charge in [0.25, 0.3) is 5.91 Å². The lowest BCUT2D eigenvalue weighted by atomic mass is 10.1. The quantitative estimate of drug-likeness (QED) is 0.824. The predicted molar refractivity (Wildman–Crippen MR) is 73.0 cm³/mol. The molecule has 2 rings (SSSR count). The van der Waals surface area contributed by atoms with Crippen LogP contribution in [0.2, 0.25) is 0 Å². The zero-order chi connectivity index (χ0) is 14.5. The Bertz CT molecular complexity index is 608. The largest absolute Gasteiger partial charge is 0.467 e. The number of methoxy groups -OCH3 is 1. The van der Waals surface area contributed by atoms with Crippen molar-refractivity contribution < 1.29 is 14.3 Å². The number of amides is 1. The molecule has 0 aliphatic carbocycles. The summed E-state index contributed by atoms with van der Waals surface area (Å²) in [6, 6.07) is 6.39. The number of esters is 1. The van der Waals surface area contributed by atoms with Crippen LogP contribution in [-0.2, 0) is 9.53 Å². The Morgan fingerprint density at radius 1 is 1.35 bits per heavy atom. The van der Waals surface area contributed by atoms with Gasteiger partial charge in [-0.25, -0.2) is 4.79 Å². The summed E-state index contributed by atoms with van der Waals surface area (Å²) in [6.07, 6.45) is 3.42. The molecule has 0 saturated heterocycles. The van der Waals surface area contributed by atoms with Crippen molar-refractivity contribution >= 4 is 11.9 Å². The molecule has 104 valence electrons. The summed E-state index contributed by atoms with van der Waals surface area (Å²) in [4.78, 5) is 23.3. The Kier molecular flexibility index (Phi) is 4.14. The molecule has 1 aromatic heterocycles. The molecule has 2 aromatic rings. The maximum atomic E-state index is 12.1. The zero-order valence-electron chi connectivity index (χ0n) is 11.2. The van der Waals surface area contributed by atoms with Crippen molar-refractivity contribution in [1.29, 1.82) is 0 Å². The van der Waals surface area contributed by atoms with E-state index in [9.17, 15) is 9.59 Å². The fourth-order valence-electron chi connectivity index (χ4n) is 1.76. The molecule has 1 unspecified atom stereocenters. The summed E-state index contributed by atoms with van der Waals surface area (Å²) in [5.41, 5.74) is 2.23. The monoisotopic (exact) mass is 273 g/mol. The molecule has 0 fully saturated rings. The molecular formula is C14H15N3O3. The fraction of sp³-hybridized carbons (Fsp3) is 0.214. The van der Waals surface area contributed by atoms with Gasteiger partial charge in [-0.3, -0.25) is 9.89 Å². The van der Waals surface area contributed by atoms with Gasteiger partial charge in [-0.2, -0.15) is 5.10 Å². The Labute approximate surface area is 116 Å². The van der Waals surface area contributed by atoms with E-state index in [-0.39, 0.29) is 5.91 Å². The van der Waals surface area contributed by atoms with Crippen molar-refractivity contribution in [3.63, 3.8) is 0 Å². The maximum absolute atomic E-state index is 12.1. The molecule has 1 aromatic carbocycles. The van der Waals surface area contributed by atoms with Crippen molar-refractivity contribution in [2.75, 3.05) is 7.11 Å². The van der Waals surface area contributed by atoms with Gasteiger partial charge in [0.2, 0.25) is 0 Å². The summed E-state index contributed by atoms with van der Waals surface area (Å²) >= 11 is 0. The summed E-state index contributed by atoms with van der Waals surface area (Å²) in [6.45, 7) is 1.57. The van der Waals surface area contributed by atoms with E-state index in [1.54, 1.807) is 37.5 Å². The second-order valence-corrected chi connectivity index (χ2v) is 4.29. The number of benzene rings is 1. The third-order valence-electron chi connectivity index (χ3n) is 2.86. The van der Waals surface area contributed by atoms with Crippen LogP contribution in [-0.4, -0.2) is 35.2 Å². The van der Waals surface area contributed by atoms with Gasteiger partial charge in [0.1, 0.15) is 6.04 Å². The Hall–Kier alpha value is -2.63. The summed E-state index contributed by atoms with van der Waals surface area (Å²) in [5, 5.41) is 9.17. The number of nitrogens with one attached hydrogen (secondary N) is 2. The molecule has 1 heterocycles. The third-order valence-corrected chi connectivity index (χ3v) is 2.86. The first kappa shape index (κ1) is 13.8. The molecule has 0 bridgehead atoms. The van der Waals surface area contributed by atoms with Gasteiger partial charge in [-0.1, -0.05) is 12.1 Å². The molecule has 1 amide bonds. The highest BCUT2D eigenvalue weighted by Crippen LogP contribution is 2.18. The highest BCUT2D eigenvalue weighted by Gasteiger charge is 2.17. The van der Waals surface area contributed by atoms with Crippen molar-refractivity contribution in [3.05, 3.63) is 42.2 Å². The summed E-state index contributed by atoms with van der Waals surface area (Å²) < 4.78 is 4.57. The minimum Gasteiger partial charge on any atom is -0.467 e. The van der Waals surface area contributed by atoms with Gasteiger partial charge in [-0.15, -0.1) is 0 Å². The average Bonchev–Trinajstić information content (AvgIpc) is 3.00. The van der Waals surface area contributed by atoms with E-state index in [2.05, 4.69) is 20.3 Å². The highest BCUT2D eigenvalue weighted by molar-refractivity contribution is 5.97. The zero-order valence-corrected chi connectivity index (χ0v) is 11.2. The molecule has 20 heavy (non-hydrogen) atoms. The van der Waals surface area contributed by atoms with E-state index in [1.807, 2.05) is 6.07 Å². The van der Waals surface area contributed by atoms with E-state index >= 15 is 0 Å². The van der Waals surface area contributed by atoms with Crippen molar-refractivity contribution in [2.45, 2.75) is 13.0 Å². The number of nitrogens with zero attached hydrogens (tertiary/aromatic N) is 1. The number of hydrogen-bond donors (Lipinski definition) is 2. The molecule has 0 radical (unpaired) electrons. The number of aromatic amines is 1. The van der Waals surface area contributed by atoms with Crippen molar-refractivity contribution in [3.8, 4) is 11.1 Å². The maximum Gasteiger partial charge on any atom is 0.328 e. The average molecular weight is 273 g/mol. The second-order valence-electron chi connectivity index (χ2n) is 4.29. The molecule has 1 atom stereocenters. The van der Waals surface area contributed by atoms with Crippen LogP contribution in [0, 0.1) is 0 Å². The Morgan fingerprint density at radius 3 is 2.80 bits per heavy atom. The number of rotatable bonds is 4. The lowest BCUT2D eigenvalue weighted by Crippen LogP contribution is -2.39. The van der Waals surface area contributed by atoms with Gasteiger partial charge >= 0.3 is 5.97 Å². The first-order valence-corrected chi connectivity index (χ1v) is 6.09. The molecule has 0 aliphatic heterocycles. The third kappa shape index (κ3) is 3.03. The molecule has 6 heteroatoms. The molecule has 2 N–H and O–H groups in total. The lowest BCUT2D eigenvalue weighted by molar-refractivity contribution is -0.142. The van der Waals surface area contributed by atoms with Gasteiger partial charge in [0.05, 0.1) is 13.3 Å². The number of hydrogen-bond acceptors (Lipinski definition) is 4. The normalized spacial score (nSPS) is 11.7. The van der Waals surface area contributed by atoms with E-state index < -0.39 is 12.0 Å². The van der Waals surface area contributed by atoms with Crippen molar-refractivity contribution in [1.82, 2.24) is 15.5 Å². The van der Waals surface area contributed by atoms with Crippen LogP contribution in [0.4, 0.5) is 0 Å². The Morgan fingerprint density at radius 2 is 2.15 bits per heavy atom. The smallest absolute Gasteiger partial charge is 0.328 e. The SMILES string of the molecule is COC(=O)C(C)NC(=O)c1cccc(-c2cn[nH]c2)c1.